The summed E-state index contributed by atoms with van der Waals surface area (Å²) in [5, 5.41) is 0. The summed E-state index contributed by atoms with van der Waals surface area (Å²) in [5.74, 6) is 0.527. The van der Waals surface area contributed by atoms with Crippen molar-refractivity contribution in [3.05, 3.63) is 28.7 Å². The Bertz CT molecular complexity index is 387. The Morgan fingerprint density at radius 3 is 2.53 bits per heavy atom. The van der Waals surface area contributed by atoms with Crippen LogP contribution < -0.4 is 11.2 Å². The zero-order valence-corrected chi connectivity index (χ0v) is 9.95. The van der Waals surface area contributed by atoms with Gasteiger partial charge in [0.1, 0.15) is 0 Å². The number of aromatic nitrogens is 1. The lowest BCUT2D eigenvalue weighted by molar-refractivity contribution is 0.232. The van der Waals surface area contributed by atoms with Crippen LogP contribution in [0.2, 0.25) is 0 Å². The fourth-order valence-corrected chi connectivity index (χ4v) is 1.25. The molecule has 0 bridgehead atoms. The minimum absolute atomic E-state index is 0.102. The van der Waals surface area contributed by atoms with Gasteiger partial charge >= 0.3 is 0 Å². The molecule has 0 aliphatic heterocycles. The molecule has 0 aliphatic rings. The highest BCUT2D eigenvalue weighted by Gasteiger charge is 2.19. The van der Waals surface area contributed by atoms with Crippen molar-refractivity contribution in [3.8, 4) is 0 Å². The van der Waals surface area contributed by atoms with Crippen molar-refractivity contribution >= 4 is 5.69 Å². The molecule has 2 N–H and O–H groups in total. The van der Waals surface area contributed by atoms with Gasteiger partial charge in [0.05, 0.1) is 5.69 Å². The number of rotatable bonds is 2. The van der Waals surface area contributed by atoms with Gasteiger partial charge in [-0.25, -0.2) is 0 Å². The summed E-state index contributed by atoms with van der Waals surface area (Å²) in [5.41, 5.74) is 6.05. The van der Waals surface area contributed by atoms with E-state index in [1.54, 1.807) is 12.4 Å². The fourth-order valence-electron chi connectivity index (χ4n) is 1.25. The highest BCUT2D eigenvalue weighted by Crippen LogP contribution is 2.26. The van der Waals surface area contributed by atoms with Gasteiger partial charge in [0.25, 0.3) is 0 Å². The van der Waals surface area contributed by atoms with E-state index in [0.717, 1.165) is 6.54 Å². The van der Waals surface area contributed by atoms with E-state index in [-0.39, 0.29) is 10.8 Å². The van der Waals surface area contributed by atoms with Gasteiger partial charge in [0.15, 0.2) is 0 Å². The molecule has 0 saturated carbocycles. The Hall–Kier alpha value is -1.25. The predicted octanol–water partition coefficient (Wildman–Crippen LogP) is 2.11. The van der Waals surface area contributed by atoms with E-state index in [1.807, 2.05) is 4.57 Å². The first-order valence-corrected chi connectivity index (χ1v) is 5.26. The fraction of sp³-hybridized carbons (Fsp3) is 0.583. The van der Waals surface area contributed by atoms with E-state index in [9.17, 15) is 4.79 Å². The maximum atomic E-state index is 11.1. The molecule has 0 aromatic carbocycles. The third kappa shape index (κ3) is 3.11. The van der Waals surface area contributed by atoms with E-state index >= 15 is 0 Å². The minimum Gasteiger partial charge on any atom is -0.394 e. The zero-order chi connectivity index (χ0) is 11.6. The van der Waals surface area contributed by atoms with Crippen molar-refractivity contribution in [2.75, 3.05) is 5.73 Å². The van der Waals surface area contributed by atoms with E-state index in [2.05, 4.69) is 27.7 Å². The van der Waals surface area contributed by atoms with E-state index in [4.69, 9.17) is 5.73 Å². The molecule has 0 amide bonds. The summed E-state index contributed by atoms with van der Waals surface area (Å²) in [7, 11) is 0. The van der Waals surface area contributed by atoms with Crippen molar-refractivity contribution in [2.24, 2.45) is 11.3 Å². The minimum atomic E-state index is -0.102. The summed E-state index contributed by atoms with van der Waals surface area (Å²) in [6, 6.07) is 1.52. The molecule has 15 heavy (non-hydrogen) atoms. The molecule has 3 heteroatoms. The van der Waals surface area contributed by atoms with Crippen LogP contribution in [0.1, 0.15) is 27.7 Å². The van der Waals surface area contributed by atoms with Gasteiger partial charge in [-0.3, -0.25) is 4.79 Å². The number of anilines is 1. The molecule has 0 fully saturated rings. The molecule has 1 atom stereocenters. The van der Waals surface area contributed by atoms with Gasteiger partial charge in [-0.2, -0.15) is 0 Å². The quantitative estimate of drug-likeness (QED) is 0.809. The van der Waals surface area contributed by atoms with Crippen molar-refractivity contribution in [2.45, 2.75) is 34.2 Å². The first-order valence-electron chi connectivity index (χ1n) is 5.26. The maximum Gasteiger partial charge on any atom is 0.204 e. The molecule has 0 saturated heterocycles. The van der Waals surface area contributed by atoms with Gasteiger partial charge < -0.3 is 10.3 Å². The molecule has 1 heterocycles. The van der Waals surface area contributed by atoms with E-state index < -0.39 is 0 Å². The SMILES string of the molecule is CC(Cn1ccc(=O)c(N)c1)C(C)(C)C. The number of hydrogen-bond donors (Lipinski definition) is 1. The first kappa shape index (κ1) is 11.8. The van der Waals surface area contributed by atoms with Crippen LogP contribution in [0.15, 0.2) is 23.3 Å². The molecular formula is C12H20N2O. The highest BCUT2D eigenvalue weighted by molar-refractivity contribution is 5.33. The molecule has 84 valence electrons. The van der Waals surface area contributed by atoms with Crippen LogP contribution in [0.25, 0.3) is 0 Å². The topological polar surface area (TPSA) is 48.0 Å². The second-order valence-corrected chi connectivity index (χ2v) is 5.23. The van der Waals surface area contributed by atoms with Gasteiger partial charge in [0.2, 0.25) is 5.43 Å². The number of nitrogen functional groups attached to an aromatic ring is 1. The van der Waals surface area contributed by atoms with E-state index in [1.165, 1.54) is 6.07 Å². The number of hydrogen-bond acceptors (Lipinski definition) is 2. The summed E-state index contributed by atoms with van der Waals surface area (Å²) < 4.78 is 1.98. The smallest absolute Gasteiger partial charge is 0.204 e. The molecule has 1 aromatic rings. The van der Waals surface area contributed by atoms with Gasteiger partial charge in [-0.1, -0.05) is 27.7 Å². The summed E-state index contributed by atoms with van der Waals surface area (Å²) >= 11 is 0. The Morgan fingerprint density at radius 2 is 2.07 bits per heavy atom. The van der Waals surface area contributed by atoms with Gasteiger partial charge in [0, 0.05) is 25.0 Å². The third-order valence-electron chi connectivity index (χ3n) is 2.97. The van der Waals surface area contributed by atoms with Crippen molar-refractivity contribution in [1.82, 2.24) is 4.57 Å². The predicted molar refractivity (Wildman–Crippen MR) is 63.7 cm³/mol. The second-order valence-electron chi connectivity index (χ2n) is 5.23. The normalized spacial score (nSPS) is 13.9. The van der Waals surface area contributed by atoms with Crippen molar-refractivity contribution in [1.29, 1.82) is 0 Å². The number of pyridine rings is 1. The largest absolute Gasteiger partial charge is 0.394 e. The molecule has 1 aromatic heterocycles. The molecule has 0 aliphatic carbocycles. The summed E-state index contributed by atoms with van der Waals surface area (Å²) in [6.45, 7) is 9.72. The van der Waals surface area contributed by atoms with Crippen LogP contribution >= 0.6 is 0 Å². The first-order chi connectivity index (χ1) is 6.80. The Labute approximate surface area is 90.9 Å². The third-order valence-corrected chi connectivity index (χ3v) is 2.97. The van der Waals surface area contributed by atoms with Gasteiger partial charge in [-0.05, 0) is 11.3 Å². The second kappa shape index (κ2) is 4.09. The monoisotopic (exact) mass is 208 g/mol. The lowest BCUT2D eigenvalue weighted by atomic mass is 9.82. The maximum absolute atomic E-state index is 11.1. The van der Waals surface area contributed by atoms with Crippen LogP contribution in [0, 0.1) is 11.3 Å². The number of nitrogens with zero attached hydrogens (tertiary/aromatic N) is 1. The highest BCUT2D eigenvalue weighted by atomic mass is 16.1. The molecular weight excluding hydrogens is 188 g/mol. The molecule has 0 spiro atoms. The van der Waals surface area contributed by atoms with Crippen molar-refractivity contribution < 1.29 is 0 Å². The average Bonchev–Trinajstić information content (AvgIpc) is 2.10. The average molecular weight is 208 g/mol. The lowest BCUT2D eigenvalue weighted by Crippen LogP contribution is -2.23. The Kier molecular flexibility index (Phi) is 3.22. The van der Waals surface area contributed by atoms with Crippen LogP contribution in [0.5, 0.6) is 0 Å². The molecule has 1 unspecified atom stereocenters. The number of nitrogens with two attached hydrogens (primary N) is 1. The van der Waals surface area contributed by atoms with Gasteiger partial charge in [-0.15, -0.1) is 0 Å². The zero-order valence-electron chi connectivity index (χ0n) is 9.95. The van der Waals surface area contributed by atoms with Crippen LogP contribution in [-0.2, 0) is 6.54 Å². The standard InChI is InChI=1S/C12H20N2O/c1-9(12(2,3)4)7-14-6-5-11(15)10(13)8-14/h5-6,8-9H,7,13H2,1-4H3. The summed E-state index contributed by atoms with van der Waals surface area (Å²) in [6.07, 6.45) is 3.51. The van der Waals surface area contributed by atoms with Crippen LogP contribution in [0.3, 0.4) is 0 Å². The van der Waals surface area contributed by atoms with E-state index in [0.29, 0.717) is 11.6 Å². The summed E-state index contributed by atoms with van der Waals surface area (Å²) in [4.78, 5) is 11.1. The molecule has 1 rings (SSSR count). The lowest BCUT2D eigenvalue weighted by Gasteiger charge is -2.28. The molecule has 0 radical (unpaired) electrons. The Morgan fingerprint density at radius 1 is 1.47 bits per heavy atom. The Balaban J connectivity index is 2.82. The molecule has 3 nitrogen and oxygen atoms in total. The van der Waals surface area contributed by atoms with Crippen molar-refractivity contribution in [3.63, 3.8) is 0 Å². The van der Waals surface area contributed by atoms with Crippen LogP contribution in [0.4, 0.5) is 5.69 Å². The van der Waals surface area contributed by atoms with Crippen LogP contribution in [-0.4, -0.2) is 4.57 Å².